The maximum Gasteiger partial charge on any atom is 0.418 e. The normalized spacial score (nSPS) is 31.2. The third-order valence-corrected chi connectivity index (χ3v) is 4.40. The Morgan fingerprint density at radius 3 is 2.58 bits per heavy atom. The molecule has 1 aromatic rings. The van der Waals surface area contributed by atoms with Crippen molar-refractivity contribution in [2.24, 2.45) is 11.8 Å². The van der Waals surface area contributed by atoms with Gasteiger partial charge in [0.2, 0.25) is 5.91 Å². The minimum absolute atomic E-state index is 0.408. The summed E-state index contributed by atoms with van der Waals surface area (Å²) < 4.78 is 44.6. The number of halogens is 3. The first-order valence-electron chi connectivity index (χ1n) is 7.20. The molecule has 0 unspecified atom stereocenters. The molecule has 2 aliphatic rings. The van der Waals surface area contributed by atoms with E-state index >= 15 is 0 Å². The van der Waals surface area contributed by atoms with Crippen LogP contribution in [-0.2, 0) is 20.5 Å². The van der Waals surface area contributed by atoms with Crippen molar-refractivity contribution >= 4 is 17.6 Å². The van der Waals surface area contributed by atoms with Crippen LogP contribution in [0.2, 0.25) is 0 Å². The van der Waals surface area contributed by atoms with Gasteiger partial charge < -0.3 is 15.2 Å². The monoisotopic (exact) mass is 341 g/mol. The molecule has 8 heteroatoms. The van der Waals surface area contributed by atoms with Crippen molar-refractivity contribution in [2.45, 2.75) is 24.8 Å². The first-order chi connectivity index (χ1) is 11.1. The highest BCUT2D eigenvalue weighted by Crippen LogP contribution is 2.47. The molecule has 24 heavy (non-hydrogen) atoms. The largest absolute Gasteiger partial charge is 0.481 e. The zero-order valence-corrected chi connectivity index (χ0v) is 12.5. The predicted octanol–water partition coefficient (Wildman–Crippen LogP) is 2.69. The number of benzene rings is 1. The topological polar surface area (TPSA) is 75.6 Å². The lowest BCUT2D eigenvalue weighted by atomic mass is 9.75. The molecule has 0 spiro atoms. The summed E-state index contributed by atoms with van der Waals surface area (Å²) >= 11 is 0. The van der Waals surface area contributed by atoms with Gasteiger partial charge in [0.15, 0.2) is 0 Å². The summed E-state index contributed by atoms with van der Waals surface area (Å²) in [6.07, 6.45) is -2.25. The van der Waals surface area contributed by atoms with E-state index in [4.69, 9.17) is 4.74 Å². The van der Waals surface area contributed by atoms with E-state index < -0.39 is 52.8 Å². The number of carboxylic acid groups (broad SMARTS) is 1. The van der Waals surface area contributed by atoms with Crippen molar-refractivity contribution in [3.05, 3.63) is 42.0 Å². The van der Waals surface area contributed by atoms with Gasteiger partial charge in [-0.15, -0.1) is 0 Å². The maximum absolute atomic E-state index is 13.0. The Kier molecular flexibility index (Phi) is 3.67. The number of carboxylic acids is 1. The number of aliphatic carboxylic acids is 1. The number of nitrogens with one attached hydrogen (secondary N) is 1. The lowest BCUT2D eigenvalue weighted by Crippen LogP contribution is -2.44. The van der Waals surface area contributed by atoms with Crippen LogP contribution in [0.15, 0.2) is 36.4 Å². The molecule has 4 atom stereocenters. The maximum atomic E-state index is 13.0. The molecule has 1 saturated heterocycles. The molecule has 5 nitrogen and oxygen atoms in total. The van der Waals surface area contributed by atoms with Gasteiger partial charge in [-0.3, -0.25) is 9.59 Å². The standard InChI is InChI=1S/C16H14F3NO4/c1-15-7-6-10(24-15)11(14(22)23)12(15)13(21)20-9-5-3-2-4-8(9)16(17,18)19/h2-7,10-12H,1H3,(H,20,21)(H,22,23)/t10-,11-,12+,15+/m1/s1. The summed E-state index contributed by atoms with van der Waals surface area (Å²) in [6.45, 7) is 1.55. The van der Waals surface area contributed by atoms with Crippen LogP contribution in [0.5, 0.6) is 0 Å². The number of fused-ring (bicyclic) bond motifs is 2. The Morgan fingerprint density at radius 2 is 1.96 bits per heavy atom. The van der Waals surface area contributed by atoms with Crippen LogP contribution < -0.4 is 5.32 Å². The van der Waals surface area contributed by atoms with Crippen LogP contribution in [0, 0.1) is 11.8 Å². The number of rotatable bonds is 3. The lowest BCUT2D eigenvalue weighted by Gasteiger charge is -2.28. The number of hydrogen-bond acceptors (Lipinski definition) is 3. The minimum Gasteiger partial charge on any atom is -0.481 e. The van der Waals surface area contributed by atoms with Gasteiger partial charge in [0.25, 0.3) is 0 Å². The number of anilines is 1. The minimum atomic E-state index is -4.63. The van der Waals surface area contributed by atoms with Gasteiger partial charge >= 0.3 is 12.1 Å². The van der Waals surface area contributed by atoms with Crippen molar-refractivity contribution < 1.29 is 32.6 Å². The van der Waals surface area contributed by atoms with E-state index in [1.807, 2.05) is 0 Å². The van der Waals surface area contributed by atoms with E-state index in [0.717, 1.165) is 12.1 Å². The molecule has 1 amide bonds. The van der Waals surface area contributed by atoms with Crippen molar-refractivity contribution in [3.8, 4) is 0 Å². The average Bonchev–Trinajstić information content (AvgIpc) is 2.99. The molecule has 0 aromatic heterocycles. The Hall–Kier alpha value is -2.35. The van der Waals surface area contributed by atoms with E-state index in [0.29, 0.717) is 0 Å². The number of carbonyl (C=O) groups is 2. The smallest absolute Gasteiger partial charge is 0.418 e. The van der Waals surface area contributed by atoms with Crippen LogP contribution >= 0.6 is 0 Å². The Labute approximate surface area is 135 Å². The molecule has 2 bridgehead atoms. The number of hydrogen-bond donors (Lipinski definition) is 2. The molecule has 1 fully saturated rings. The van der Waals surface area contributed by atoms with Crippen LogP contribution in [0.25, 0.3) is 0 Å². The molecule has 0 radical (unpaired) electrons. The van der Waals surface area contributed by atoms with E-state index in [9.17, 15) is 27.9 Å². The average molecular weight is 341 g/mol. The van der Waals surface area contributed by atoms with Crippen LogP contribution in [0.4, 0.5) is 18.9 Å². The summed E-state index contributed by atoms with van der Waals surface area (Å²) in [7, 11) is 0. The molecule has 2 N–H and O–H groups in total. The van der Waals surface area contributed by atoms with Gasteiger partial charge in [0.1, 0.15) is 5.92 Å². The van der Waals surface area contributed by atoms with Crippen molar-refractivity contribution in [1.82, 2.24) is 0 Å². The van der Waals surface area contributed by atoms with Gasteiger partial charge in [-0.2, -0.15) is 13.2 Å². The van der Waals surface area contributed by atoms with Crippen molar-refractivity contribution in [3.63, 3.8) is 0 Å². The first kappa shape index (κ1) is 16.5. The Bertz CT molecular complexity index is 730. The summed E-state index contributed by atoms with van der Waals surface area (Å²) in [5.41, 5.74) is -2.55. The van der Waals surface area contributed by atoms with Crippen LogP contribution in [0.1, 0.15) is 12.5 Å². The molecule has 0 aliphatic carbocycles. The van der Waals surface area contributed by atoms with E-state index in [1.165, 1.54) is 12.1 Å². The third kappa shape index (κ3) is 2.56. The van der Waals surface area contributed by atoms with Crippen molar-refractivity contribution in [2.75, 3.05) is 5.32 Å². The highest BCUT2D eigenvalue weighted by molar-refractivity contribution is 5.97. The van der Waals surface area contributed by atoms with E-state index in [-0.39, 0.29) is 0 Å². The Morgan fingerprint density at radius 1 is 1.29 bits per heavy atom. The third-order valence-electron chi connectivity index (χ3n) is 4.40. The lowest BCUT2D eigenvalue weighted by molar-refractivity contribution is -0.146. The second-order valence-electron chi connectivity index (χ2n) is 6.00. The quantitative estimate of drug-likeness (QED) is 0.829. The fourth-order valence-corrected chi connectivity index (χ4v) is 3.33. The van der Waals surface area contributed by atoms with Gasteiger partial charge in [-0.05, 0) is 19.1 Å². The number of carbonyl (C=O) groups excluding carboxylic acids is 1. The number of alkyl halides is 3. The molecular weight excluding hydrogens is 327 g/mol. The number of amides is 1. The van der Waals surface area contributed by atoms with Gasteiger partial charge in [0, 0.05) is 0 Å². The van der Waals surface area contributed by atoms with E-state index in [1.54, 1.807) is 19.1 Å². The summed E-state index contributed by atoms with van der Waals surface area (Å²) in [5.74, 6) is -4.30. The molecule has 2 aliphatic heterocycles. The predicted molar refractivity (Wildman–Crippen MR) is 77.1 cm³/mol. The first-order valence-corrected chi connectivity index (χ1v) is 7.20. The number of para-hydroxylation sites is 1. The second kappa shape index (κ2) is 5.34. The molecule has 128 valence electrons. The molecule has 2 heterocycles. The SMILES string of the molecule is C[C@@]12C=C[C@@H](O1)[C@@H](C(=O)O)[C@H]2C(=O)Nc1ccccc1C(F)(F)F. The molecule has 0 saturated carbocycles. The highest BCUT2D eigenvalue weighted by atomic mass is 19.4. The fraction of sp³-hybridized carbons (Fsp3) is 0.375. The second-order valence-corrected chi connectivity index (χ2v) is 6.00. The Balaban J connectivity index is 1.91. The van der Waals surface area contributed by atoms with Crippen molar-refractivity contribution in [1.29, 1.82) is 0 Å². The van der Waals surface area contributed by atoms with Crippen LogP contribution in [0.3, 0.4) is 0 Å². The van der Waals surface area contributed by atoms with E-state index in [2.05, 4.69) is 5.32 Å². The molecular formula is C16H14F3NO4. The van der Waals surface area contributed by atoms with Gasteiger partial charge in [-0.1, -0.05) is 24.3 Å². The highest BCUT2D eigenvalue weighted by Gasteiger charge is 2.59. The van der Waals surface area contributed by atoms with Gasteiger partial charge in [-0.25, -0.2) is 0 Å². The summed E-state index contributed by atoms with van der Waals surface area (Å²) in [5, 5.41) is 11.6. The van der Waals surface area contributed by atoms with Crippen LogP contribution in [-0.4, -0.2) is 28.7 Å². The zero-order valence-electron chi connectivity index (χ0n) is 12.5. The zero-order chi connectivity index (χ0) is 17.7. The molecule has 3 rings (SSSR count). The molecule has 1 aromatic carbocycles. The summed E-state index contributed by atoms with van der Waals surface area (Å²) in [6, 6.07) is 4.55. The fourth-order valence-electron chi connectivity index (χ4n) is 3.33. The summed E-state index contributed by atoms with van der Waals surface area (Å²) in [4.78, 5) is 24.0. The number of ether oxygens (including phenoxy) is 1. The van der Waals surface area contributed by atoms with Gasteiger partial charge in [0.05, 0.1) is 28.9 Å².